The van der Waals surface area contributed by atoms with Crippen LogP contribution in [-0.4, -0.2) is 24.3 Å². The van der Waals surface area contributed by atoms with Crippen molar-refractivity contribution in [2.75, 3.05) is 18.5 Å². The van der Waals surface area contributed by atoms with Crippen molar-refractivity contribution in [2.45, 2.75) is 19.4 Å². The molecule has 0 unspecified atom stereocenters. The van der Waals surface area contributed by atoms with E-state index in [1.807, 2.05) is 24.4 Å². The predicted octanol–water partition coefficient (Wildman–Crippen LogP) is 3.39. The number of aliphatic hydroxyl groups excluding tert-OH is 1. The van der Waals surface area contributed by atoms with E-state index < -0.39 is 6.10 Å². The van der Waals surface area contributed by atoms with Gasteiger partial charge in [0.25, 0.3) is 0 Å². The number of amides is 2. The molecular formula is C16H20N2O3S. The first-order valence-electron chi connectivity index (χ1n) is 7.18. The summed E-state index contributed by atoms with van der Waals surface area (Å²) < 4.78 is 5.34. The number of rotatable bonds is 7. The van der Waals surface area contributed by atoms with Crippen LogP contribution in [0.25, 0.3) is 0 Å². The second-order valence-corrected chi connectivity index (χ2v) is 5.64. The lowest BCUT2D eigenvalue weighted by Gasteiger charge is -2.11. The summed E-state index contributed by atoms with van der Waals surface area (Å²) in [5, 5.41) is 17.3. The van der Waals surface area contributed by atoms with Gasteiger partial charge >= 0.3 is 6.03 Å². The second-order valence-electron chi connectivity index (χ2n) is 4.66. The van der Waals surface area contributed by atoms with Gasteiger partial charge in [0.1, 0.15) is 5.75 Å². The Hall–Kier alpha value is -2.05. The van der Waals surface area contributed by atoms with Crippen LogP contribution in [0.2, 0.25) is 0 Å². The number of aliphatic hydroxyl groups is 1. The van der Waals surface area contributed by atoms with Crippen molar-refractivity contribution in [1.29, 1.82) is 0 Å². The van der Waals surface area contributed by atoms with Crippen molar-refractivity contribution >= 4 is 23.1 Å². The van der Waals surface area contributed by atoms with Crippen LogP contribution in [0.1, 0.15) is 24.3 Å². The third-order valence-electron chi connectivity index (χ3n) is 3.00. The van der Waals surface area contributed by atoms with Crippen LogP contribution in [0.5, 0.6) is 5.75 Å². The van der Waals surface area contributed by atoms with E-state index in [-0.39, 0.29) is 6.03 Å². The lowest BCUT2D eigenvalue weighted by Crippen LogP contribution is -2.30. The average Bonchev–Trinajstić information content (AvgIpc) is 3.04. The maximum atomic E-state index is 11.8. The molecule has 0 radical (unpaired) electrons. The van der Waals surface area contributed by atoms with Crippen molar-refractivity contribution in [3.8, 4) is 5.75 Å². The minimum Gasteiger partial charge on any atom is -0.494 e. The molecular weight excluding hydrogens is 300 g/mol. The van der Waals surface area contributed by atoms with Gasteiger partial charge in [0, 0.05) is 17.1 Å². The van der Waals surface area contributed by atoms with Crippen LogP contribution in [0.15, 0.2) is 41.8 Å². The lowest BCUT2D eigenvalue weighted by molar-refractivity contribution is 0.171. The Morgan fingerprint density at radius 3 is 2.73 bits per heavy atom. The van der Waals surface area contributed by atoms with Gasteiger partial charge in [-0.3, -0.25) is 0 Å². The molecule has 5 nitrogen and oxygen atoms in total. The SMILES string of the molecule is CCOc1ccc(NC(=O)NCC[C@H](O)c2cccs2)cc1. The van der Waals surface area contributed by atoms with E-state index in [0.29, 0.717) is 25.3 Å². The Morgan fingerprint density at radius 1 is 1.32 bits per heavy atom. The lowest BCUT2D eigenvalue weighted by atomic mass is 10.2. The first-order valence-corrected chi connectivity index (χ1v) is 8.06. The molecule has 0 aliphatic heterocycles. The molecule has 0 saturated carbocycles. The van der Waals surface area contributed by atoms with E-state index >= 15 is 0 Å². The Bertz CT molecular complexity index is 570. The molecule has 1 aromatic heterocycles. The Kier molecular flexibility index (Phi) is 6.24. The van der Waals surface area contributed by atoms with Gasteiger partial charge in [0.15, 0.2) is 0 Å². The molecule has 0 bridgehead atoms. The molecule has 0 aliphatic rings. The molecule has 2 rings (SSSR count). The van der Waals surface area contributed by atoms with Gasteiger partial charge < -0.3 is 20.5 Å². The van der Waals surface area contributed by atoms with E-state index in [2.05, 4.69) is 10.6 Å². The molecule has 0 saturated heterocycles. The number of anilines is 1. The third kappa shape index (κ3) is 5.05. The first kappa shape index (κ1) is 16.3. The molecule has 2 amide bonds. The zero-order valence-electron chi connectivity index (χ0n) is 12.4. The van der Waals surface area contributed by atoms with Crippen LogP contribution >= 0.6 is 11.3 Å². The van der Waals surface area contributed by atoms with Crippen LogP contribution in [-0.2, 0) is 0 Å². The van der Waals surface area contributed by atoms with Gasteiger partial charge in [-0.1, -0.05) is 6.07 Å². The second kappa shape index (κ2) is 8.41. The highest BCUT2D eigenvalue weighted by Gasteiger charge is 2.09. The van der Waals surface area contributed by atoms with Crippen molar-refractivity contribution in [3.05, 3.63) is 46.7 Å². The number of hydrogen-bond donors (Lipinski definition) is 3. The number of hydrogen-bond acceptors (Lipinski definition) is 4. The molecule has 1 atom stereocenters. The minimum atomic E-state index is -0.536. The Balaban J connectivity index is 1.71. The number of thiophene rings is 1. The zero-order valence-corrected chi connectivity index (χ0v) is 13.2. The van der Waals surface area contributed by atoms with E-state index in [1.165, 1.54) is 11.3 Å². The molecule has 1 heterocycles. The van der Waals surface area contributed by atoms with Crippen molar-refractivity contribution in [1.82, 2.24) is 5.32 Å². The summed E-state index contributed by atoms with van der Waals surface area (Å²) in [6, 6.07) is 10.7. The predicted molar refractivity (Wildman–Crippen MR) is 88.5 cm³/mol. The van der Waals surface area contributed by atoms with Gasteiger partial charge in [-0.05, 0) is 49.1 Å². The van der Waals surface area contributed by atoms with Crippen molar-refractivity contribution in [3.63, 3.8) is 0 Å². The third-order valence-corrected chi connectivity index (χ3v) is 3.97. The molecule has 0 fully saturated rings. The monoisotopic (exact) mass is 320 g/mol. The Morgan fingerprint density at radius 2 is 2.09 bits per heavy atom. The highest BCUT2D eigenvalue weighted by atomic mass is 32.1. The van der Waals surface area contributed by atoms with Crippen LogP contribution in [0, 0.1) is 0 Å². The molecule has 22 heavy (non-hydrogen) atoms. The molecule has 0 aliphatic carbocycles. The summed E-state index contributed by atoms with van der Waals surface area (Å²) in [6.07, 6.45) is -0.0530. The van der Waals surface area contributed by atoms with Crippen molar-refractivity contribution in [2.24, 2.45) is 0 Å². The summed E-state index contributed by atoms with van der Waals surface area (Å²) in [5.74, 6) is 0.771. The minimum absolute atomic E-state index is 0.289. The maximum absolute atomic E-state index is 11.8. The fourth-order valence-corrected chi connectivity index (χ4v) is 2.67. The number of urea groups is 1. The average molecular weight is 320 g/mol. The molecule has 118 valence electrons. The first-order chi connectivity index (χ1) is 10.7. The molecule has 0 spiro atoms. The summed E-state index contributed by atoms with van der Waals surface area (Å²) in [6.45, 7) is 2.94. The number of benzene rings is 1. The smallest absolute Gasteiger partial charge is 0.319 e. The fraction of sp³-hybridized carbons (Fsp3) is 0.312. The zero-order chi connectivity index (χ0) is 15.8. The summed E-state index contributed by atoms with van der Waals surface area (Å²) in [5.41, 5.74) is 0.694. The standard InChI is InChI=1S/C16H20N2O3S/c1-2-21-13-7-5-12(6-8-13)18-16(20)17-10-9-14(19)15-4-3-11-22-15/h3-8,11,14,19H,2,9-10H2,1H3,(H2,17,18,20)/t14-/m0/s1. The van der Waals surface area contributed by atoms with Gasteiger partial charge in [-0.15, -0.1) is 11.3 Å². The quantitative estimate of drug-likeness (QED) is 0.732. The van der Waals surface area contributed by atoms with Crippen LogP contribution < -0.4 is 15.4 Å². The van der Waals surface area contributed by atoms with Gasteiger partial charge in [-0.25, -0.2) is 4.79 Å². The molecule has 3 N–H and O–H groups in total. The van der Waals surface area contributed by atoms with Gasteiger partial charge in [-0.2, -0.15) is 0 Å². The normalized spacial score (nSPS) is 11.7. The van der Waals surface area contributed by atoms with E-state index in [4.69, 9.17) is 4.74 Å². The van der Waals surface area contributed by atoms with E-state index in [9.17, 15) is 9.90 Å². The number of nitrogens with one attached hydrogen (secondary N) is 2. The number of carbonyl (C=O) groups excluding carboxylic acids is 1. The highest BCUT2D eigenvalue weighted by Crippen LogP contribution is 2.21. The summed E-state index contributed by atoms with van der Waals surface area (Å²) >= 11 is 1.51. The van der Waals surface area contributed by atoms with Crippen LogP contribution in [0.4, 0.5) is 10.5 Å². The maximum Gasteiger partial charge on any atom is 0.319 e. The van der Waals surface area contributed by atoms with Crippen LogP contribution in [0.3, 0.4) is 0 Å². The summed E-state index contributed by atoms with van der Waals surface area (Å²) in [7, 11) is 0. The highest BCUT2D eigenvalue weighted by molar-refractivity contribution is 7.10. The largest absolute Gasteiger partial charge is 0.494 e. The number of ether oxygens (including phenoxy) is 1. The Labute approximate surface area is 133 Å². The van der Waals surface area contributed by atoms with E-state index in [0.717, 1.165) is 10.6 Å². The molecule has 2 aromatic rings. The van der Waals surface area contributed by atoms with Crippen molar-refractivity contribution < 1.29 is 14.6 Å². The van der Waals surface area contributed by atoms with Gasteiger partial charge in [0.2, 0.25) is 0 Å². The topological polar surface area (TPSA) is 70.6 Å². The molecule has 1 aromatic carbocycles. The summed E-state index contributed by atoms with van der Waals surface area (Å²) in [4.78, 5) is 12.7. The fourth-order valence-electron chi connectivity index (χ4n) is 1.92. The van der Waals surface area contributed by atoms with E-state index in [1.54, 1.807) is 24.3 Å². The number of carbonyl (C=O) groups is 1. The molecule has 6 heteroatoms. The van der Waals surface area contributed by atoms with Gasteiger partial charge in [0.05, 0.1) is 12.7 Å².